The fourth-order valence-electron chi connectivity index (χ4n) is 2.23. The van der Waals surface area contributed by atoms with Crippen LogP contribution in [-0.2, 0) is 16.2 Å². The highest BCUT2D eigenvalue weighted by Gasteiger charge is 2.43. The minimum absolute atomic E-state index is 0.000724. The third-order valence-corrected chi connectivity index (χ3v) is 4.52. The number of rotatable bonds is 7. The van der Waals surface area contributed by atoms with E-state index in [9.17, 15) is 22.4 Å². The molecule has 11 heteroatoms. The number of halogens is 4. The number of alkyl halides is 4. The molecule has 0 aliphatic carbocycles. The minimum Gasteiger partial charge on any atom is -0.472 e. The molecule has 0 saturated heterocycles. The summed E-state index contributed by atoms with van der Waals surface area (Å²) in [7, 11) is 2.72. The largest absolute Gasteiger partial charge is 0.472 e. The predicted molar refractivity (Wildman–Crippen MR) is 95.1 cm³/mol. The Kier molecular flexibility index (Phi) is 6.95. The van der Waals surface area contributed by atoms with Crippen LogP contribution >= 0.6 is 11.3 Å². The number of amides is 1. The summed E-state index contributed by atoms with van der Waals surface area (Å²) >= 11 is 0.573. The zero-order valence-corrected chi connectivity index (χ0v) is 15.9. The zero-order chi connectivity index (χ0) is 20.9. The summed E-state index contributed by atoms with van der Waals surface area (Å²) in [5.74, 6) is -0.598. The molecule has 1 aromatic carbocycles. The van der Waals surface area contributed by atoms with Gasteiger partial charge in [0.25, 0.3) is 5.91 Å². The number of benzene rings is 1. The summed E-state index contributed by atoms with van der Waals surface area (Å²) in [6.45, 7) is 1.36. The van der Waals surface area contributed by atoms with Gasteiger partial charge in [0.05, 0.1) is 4.88 Å². The molecule has 2 rings (SSSR count). The molecule has 1 atom stereocenters. The molecule has 1 N–H and O–H groups in total. The number of hydrogen-bond acceptors (Lipinski definition) is 6. The summed E-state index contributed by atoms with van der Waals surface area (Å²) in [6.07, 6.45) is -8.21. The molecule has 28 heavy (non-hydrogen) atoms. The lowest BCUT2D eigenvalue weighted by Crippen LogP contribution is -2.29. The van der Waals surface area contributed by atoms with Crippen molar-refractivity contribution in [1.82, 2.24) is 10.3 Å². The fourth-order valence-corrected chi connectivity index (χ4v) is 3.10. The predicted octanol–water partition coefficient (Wildman–Crippen LogP) is 3.70. The number of oxime groups is 1. The SMILES string of the molecule is CNC(=O)C(=NOC)c1ccccc1COc1nc(C(F)C(F)(F)F)sc1C. The second-order valence-corrected chi connectivity index (χ2v) is 6.70. The molecule has 2 aromatic rings. The van der Waals surface area contributed by atoms with Crippen molar-refractivity contribution in [2.45, 2.75) is 25.9 Å². The Balaban J connectivity index is 2.26. The Hall–Kier alpha value is -2.69. The first kappa shape index (κ1) is 21.6. The van der Waals surface area contributed by atoms with E-state index in [2.05, 4.69) is 15.5 Å². The van der Waals surface area contributed by atoms with Crippen LogP contribution in [-0.4, -0.2) is 36.9 Å². The van der Waals surface area contributed by atoms with Gasteiger partial charge in [0.2, 0.25) is 12.1 Å². The molecular formula is C17H17F4N3O3S. The summed E-state index contributed by atoms with van der Waals surface area (Å²) in [4.78, 5) is 20.7. The van der Waals surface area contributed by atoms with E-state index in [1.807, 2.05) is 0 Å². The summed E-state index contributed by atoms with van der Waals surface area (Å²) < 4.78 is 56.6. The number of hydrogen-bond donors (Lipinski definition) is 1. The van der Waals surface area contributed by atoms with Gasteiger partial charge in [-0.15, -0.1) is 11.3 Å². The van der Waals surface area contributed by atoms with Crippen molar-refractivity contribution in [1.29, 1.82) is 0 Å². The number of likely N-dealkylation sites (N-methyl/N-ethyl adjacent to an activating group) is 1. The first-order valence-electron chi connectivity index (χ1n) is 7.91. The van der Waals surface area contributed by atoms with Crippen LogP contribution < -0.4 is 10.1 Å². The summed E-state index contributed by atoms with van der Waals surface area (Å²) in [6, 6.07) is 6.64. The maximum Gasteiger partial charge on any atom is 0.426 e. The quantitative estimate of drug-likeness (QED) is 0.422. The number of aromatic nitrogens is 1. The molecule has 0 aliphatic rings. The van der Waals surface area contributed by atoms with Crippen LogP contribution in [0.15, 0.2) is 29.4 Å². The summed E-state index contributed by atoms with van der Waals surface area (Å²) in [5, 5.41) is 5.43. The van der Waals surface area contributed by atoms with Gasteiger partial charge in [-0.2, -0.15) is 13.2 Å². The molecule has 1 amide bonds. The maximum absolute atomic E-state index is 13.5. The Morgan fingerprint density at radius 1 is 1.36 bits per heavy atom. The Bertz CT molecular complexity index is 868. The highest BCUT2D eigenvalue weighted by molar-refractivity contribution is 7.11. The van der Waals surface area contributed by atoms with Crippen LogP contribution in [0.2, 0.25) is 0 Å². The third kappa shape index (κ3) is 4.97. The van der Waals surface area contributed by atoms with Crippen LogP contribution in [0.3, 0.4) is 0 Å². The lowest BCUT2D eigenvalue weighted by molar-refractivity contribution is -0.182. The van der Waals surface area contributed by atoms with Gasteiger partial charge in [-0.1, -0.05) is 29.4 Å². The third-order valence-electron chi connectivity index (χ3n) is 3.54. The molecule has 1 aromatic heterocycles. The molecule has 0 aliphatic heterocycles. The Labute approximate surface area is 162 Å². The van der Waals surface area contributed by atoms with E-state index in [-0.39, 0.29) is 18.2 Å². The maximum atomic E-state index is 13.5. The second-order valence-electron chi connectivity index (χ2n) is 5.47. The van der Waals surface area contributed by atoms with Gasteiger partial charge < -0.3 is 14.9 Å². The molecule has 152 valence electrons. The van der Waals surface area contributed by atoms with Crippen molar-refractivity contribution in [3.8, 4) is 5.88 Å². The number of carbonyl (C=O) groups excluding carboxylic acids is 1. The minimum atomic E-state index is -5.03. The molecule has 0 bridgehead atoms. The van der Waals surface area contributed by atoms with Crippen molar-refractivity contribution in [2.24, 2.45) is 5.16 Å². The van der Waals surface area contributed by atoms with E-state index in [0.717, 1.165) is 0 Å². The van der Waals surface area contributed by atoms with Gasteiger partial charge in [0.15, 0.2) is 5.71 Å². The first-order chi connectivity index (χ1) is 13.2. The molecule has 0 saturated carbocycles. The highest BCUT2D eigenvalue weighted by Crippen LogP contribution is 2.40. The van der Waals surface area contributed by atoms with Crippen LogP contribution in [0, 0.1) is 6.92 Å². The van der Waals surface area contributed by atoms with Gasteiger partial charge in [-0.3, -0.25) is 4.79 Å². The lowest BCUT2D eigenvalue weighted by atomic mass is 10.0. The Morgan fingerprint density at radius 3 is 2.64 bits per heavy atom. The average molecular weight is 419 g/mol. The molecule has 6 nitrogen and oxygen atoms in total. The van der Waals surface area contributed by atoms with Crippen molar-refractivity contribution >= 4 is 23.0 Å². The zero-order valence-electron chi connectivity index (χ0n) is 15.1. The van der Waals surface area contributed by atoms with E-state index in [1.54, 1.807) is 24.3 Å². The van der Waals surface area contributed by atoms with Crippen LogP contribution in [0.5, 0.6) is 5.88 Å². The number of carbonyl (C=O) groups is 1. The fraction of sp³-hybridized carbons (Fsp3) is 0.353. The van der Waals surface area contributed by atoms with Crippen molar-refractivity contribution in [3.05, 3.63) is 45.3 Å². The van der Waals surface area contributed by atoms with Crippen molar-refractivity contribution in [2.75, 3.05) is 14.2 Å². The molecule has 1 heterocycles. The number of nitrogens with zero attached hydrogens (tertiary/aromatic N) is 2. The van der Waals surface area contributed by atoms with E-state index < -0.39 is 23.3 Å². The van der Waals surface area contributed by atoms with Gasteiger partial charge in [-0.05, 0) is 12.5 Å². The number of thiazole rings is 1. The number of nitrogens with one attached hydrogen (secondary N) is 1. The van der Waals surface area contributed by atoms with E-state index in [0.29, 0.717) is 27.3 Å². The van der Waals surface area contributed by atoms with Gasteiger partial charge in [0.1, 0.15) is 18.7 Å². The van der Waals surface area contributed by atoms with E-state index in [4.69, 9.17) is 9.57 Å². The van der Waals surface area contributed by atoms with E-state index >= 15 is 0 Å². The van der Waals surface area contributed by atoms with Crippen molar-refractivity contribution < 1.29 is 31.9 Å². The molecule has 0 spiro atoms. The number of aryl methyl sites for hydroxylation is 1. The van der Waals surface area contributed by atoms with Crippen LogP contribution in [0.25, 0.3) is 0 Å². The second kappa shape index (κ2) is 9.00. The molecule has 0 radical (unpaired) electrons. The smallest absolute Gasteiger partial charge is 0.426 e. The molecule has 0 fully saturated rings. The highest BCUT2D eigenvalue weighted by atomic mass is 32.1. The van der Waals surface area contributed by atoms with Crippen LogP contribution in [0.4, 0.5) is 17.6 Å². The van der Waals surface area contributed by atoms with Gasteiger partial charge >= 0.3 is 6.18 Å². The standard InChI is InChI=1S/C17H17F4N3O3S/c1-9-15(23-16(28-9)13(18)17(19,20)21)27-8-10-6-4-5-7-11(10)12(24-26-3)14(25)22-2/h4-7,13H,8H2,1-3H3,(H,22,25). The van der Waals surface area contributed by atoms with Crippen LogP contribution in [0.1, 0.15) is 27.2 Å². The lowest BCUT2D eigenvalue weighted by Gasteiger charge is -2.11. The van der Waals surface area contributed by atoms with Gasteiger partial charge in [-0.25, -0.2) is 9.37 Å². The summed E-state index contributed by atoms with van der Waals surface area (Å²) in [5.41, 5.74) is 0.930. The monoisotopic (exact) mass is 419 g/mol. The van der Waals surface area contributed by atoms with E-state index in [1.165, 1.54) is 21.1 Å². The topological polar surface area (TPSA) is 72.8 Å². The van der Waals surface area contributed by atoms with Crippen molar-refractivity contribution in [3.63, 3.8) is 0 Å². The normalized spacial score (nSPS) is 13.2. The molecule has 1 unspecified atom stereocenters. The average Bonchev–Trinajstić information content (AvgIpc) is 3.03. The first-order valence-corrected chi connectivity index (χ1v) is 8.73. The molecular weight excluding hydrogens is 402 g/mol. The Morgan fingerprint density at radius 2 is 2.04 bits per heavy atom. The van der Waals surface area contributed by atoms with Gasteiger partial charge in [0, 0.05) is 12.6 Å². The number of ether oxygens (including phenoxy) is 1.